The molecule has 0 aliphatic rings. The molecule has 0 radical (unpaired) electrons. The van der Waals surface area contributed by atoms with Gasteiger partial charge in [0.2, 0.25) is 0 Å². The fourth-order valence-corrected chi connectivity index (χ4v) is 2.06. The number of rotatable bonds is 6. The molecule has 1 N–H and O–H groups in total. The molecule has 0 saturated carbocycles. The molecule has 1 aromatic heterocycles. The zero-order valence-electron chi connectivity index (χ0n) is 11.1. The Hall–Kier alpha value is -0.900. The summed E-state index contributed by atoms with van der Waals surface area (Å²) in [7, 11) is 1.97. The van der Waals surface area contributed by atoms with Crippen LogP contribution >= 0.6 is 0 Å². The van der Waals surface area contributed by atoms with Crippen LogP contribution in [0.25, 0.3) is 0 Å². The summed E-state index contributed by atoms with van der Waals surface area (Å²) in [5, 5.41) is 11.4. The second-order valence-corrected chi connectivity index (χ2v) is 5.14. The van der Waals surface area contributed by atoms with E-state index in [2.05, 4.69) is 43.2 Å². The smallest absolute Gasteiger partial charge is 0.146 e. The van der Waals surface area contributed by atoms with Gasteiger partial charge < -0.3 is 9.88 Å². The summed E-state index contributed by atoms with van der Waals surface area (Å²) in [6, 6.07) is 0. The SMILES string of the molecule is CC(C)C(CNCc1nncn1C)C(C)C. The van der Waals surface area contributed by atoms with E-state index in [4.69, 9.17) is 0 Å². The zero-order chi connectivity index (χ0) is 12.1. The van der Waals surface area contributed by atoms with Crippen LogP contribution in [0.2, 0.25) is 0 Å². The highest BCUT2D eigenvalue weighted by atomic mass is 15.3. The van der Waals surface area contributed by atoms with Gasteiger partial charge >= 0.3 is 0 Å². The molecule has 0 bridgehead atoms. The monoisotopic (exact) mass is 224 g/mol. The molecule has 0 amide bonds. The zero-order valence-corrected chi connectivity index (χ0v) is 11.1. The fourth-order valence-electron chi connectivity index (χ4n) is 2.06. The third kappa shape index (κ3) is 3.59. The summed E-state index contributed by atoms with van der Waals surface area (Å²) < 4.78 is 1.95. The molecule has 16 heavy (non-hydrogen) atoms. The van der Waals surface area contributed by atoms with Gasteiger partial charge in [-0.15, -0.1) is 10.2 Å². The minimum absolute atomic E-state index is 0.715. The second kappa shape index (κ2) is 5.99. The number of nitrogens with one attached hydrogen (secondary N) is 1. The molecular weight excluding hydrogens is 200 g/mol. The van der Waals surface area contributed by atoms with E-state index in [1.54, 1.807) is 6.33 Å². The maximum Gasteiger partial charge on any atom is 0.146 e. The van der Waals surface area contributed by atoms with Crippen LogP contribution in [-0.2, 0) is 13.6 Å². The van der Waals surface area contributed by atoms with Crippen LogP contribution in [0.15, 0.2) is 6.33 Å². The quantitative estimate of drug-likeness (QED) is 0.801. The number of aromatic nitrogens is 3. The largest absolute Gasteiger partial charge is 0.320 e. The lowest BCUT2D eigenvalue weighted by atomic mass is 9.85. The van der Waals surface area contributed by atoms with Gasteiger partial charge in [0, 0.05) is 7.05 Å². The van der Waals surface area contributed by atoms with Gasteiger partial charge in [0.15, 0.2) is 0 Å². The molecule has 0 spiro atoms. The normalized spacial score (nSPS) is 12.0. The summed E-state index contributed by atoms with van der Waals surface area (Å²) in [6.45, 7) is 11.0. The van der Waals surface area contributed by atoms with Crippen molar-refractivity contribution in [1.29, 1.82) is 0 Å². The van der Waals surface area contributed by atoms with Gasteiger partial charge in [-0.3, -0.25) is 0 Å². The van der Waals surface area contributed by atoms with Crippen molar-refractivity contribution in [3.8, 4) is 0 Å². The Bertz CT molecular complexity index is 296. The van der Waals surface area contributed by atoms with Crippen molar-refractivity contribution in [3.05, 3.63) is 12.2 Å². The van der Waals surface area contributed by atoms with Crippen LogP contribution in [0, 0.1) is 17.8 Å². The first-order valence-electron chi connectivity index (χ1n) is 6.06. The first-order valence-corrected chi connectivity index (χ1v) is 6.06. The summed E-state index contributed by atoms with van der Waals surface area (Å²) in [4.78, 5) is 0. The van der Waals surface area contributed by atoms with Gasteiger partial charge in [0.1, 0.15) is 12.2 Å². The van der Waals surface area contributed by atoms with Crippen molar-refractivity contribution in [1.82, 2.24) is 20.1 Å². The van der Waals surface area contributed by atoms with Gasteiger partial charge in [-0.2, -0.15) is 0 Å². The lowest BCUT2D eigenvalue weighted by molar-refractivity contribution is 0.274. The molecule has 0 aliphatic carbocycles. The van der Waals surface area contributed by atoms with E-state index in [-0.39, 0.29) is 0 Å². The Balaban J connectivity index is 2.37. The van der Waals surface area contributed by atoms with Crippen molar-refractivity contribution in [2.24, 2.45) is 24.8 Å². The molecule has 92 valence electrons. The minimum Gasteiger partial charge on any atom is -0.320 e. The van der Waals surface area contributed by atoms with Crippen LogP contribution in [0.5, 0.6) is 0 Å². The van der Waals surface area contributed by atoms with Crippen molar-refractivity contribution in [3.63, 3.8) is 0 Å². The molecule has 4 nitrogen and oxygen atoms in total. The third-order valence-electron chi connectivity index (χ3n) is 3.18. The molecule has 1 aromatic rings. The van der Waals surface area contributed by atoms with E-state index < -0.39 is 0 Å². The third-order valence-corrected chi connectivity index (χ3v) is 3.18. The Morgan fingerprint density at radius 2 is 1.88 bits per heavy atom. The topological polar surface area (TPSA) is 42.7 Å². The van der Waals surface area contributed by atoms with E-state index in [0.29, 0.717) is 17.8 Å². The molecule has 4 heteroatoms. The lowest BCUT2D eigenvalue weighted by Crippen LogP contribution is -2.30. The van der Waals surface area contributed by atoms with Crippen molar-refractivity contribution in [2.75, 3.05) is 6.54 Å². The number of hydrogen-bond acceptors (Lipinski definition) is 3. The van der Waals surface area contributed by atoms with E-state index in [1.807, 2.05) is 11.6 Å². The second-order valence-electron chi connectivity index (χ2n) is 5.14. The molecule has 0 aliphatic heterocycles. The van der Waals surface area contributed by atoms with Crippen LogP contribution in [0.1, 0.15) is 33.5 Å². The summed E-state index contributed by atoms with van der Waals surface area (Å²) >= 11 is 0. The standard InChI is InChI=1S/C12H24N4/c1-9(2)11(10(3)4)6-13-7-12-15-14-8-16(12)5/h8-11,13H,6-7H2,1-5H3. The number of aryl methyl sites for hydroxylation is 1. The Morgan fingerprint density at radius 3 is 2.31 bits per heavy atom. The van der Waals surface area contributed by atoms with Gasteiger partial charge in [0.25, 0.3) is 0 Å². The predicted octanol–water partition coefficient (Wildman–Crippen LogP) is 1.83. The highest BCUT2D eigenvalue weighted by Gasteiger charge is 2.16. The maximum absolute atomic E-state index is 4.05. The van der Waals surface area contributed by atoms with Crippen LogP contribution in [0.4, 0.5) is 0 Å². The molecule has 0 aromatic carbocycles. The van der Waals surface area contributed by atoms with Crippen LogP contribution in [-0.4, -0.2) is 21.3 Å². The fraction of sp³-hybridized carbons (Fsp3) is 0.833. The molecule has 0 saturated heterocycles. The molecule has 0 unspecified atom stereocenters. The summed E-state index contributed by atoms with van der Waals surface area (Å²) in [5.74, 6) is 3.14. The maximum atomic E-state index is 4.05. The Kier molecular flexibility index (Phi) is 4.93. The average molecular weight is 224 g/mol. The van der Waals surface area contributed by atoms with Gasteiger partial charge in [0.05, 0.1) is 6.54 Å². The van der Waals surface area contributed by atoms with Gasteiger partial charge in [-0.05, 0) is 24.3 Å². The van der Waals surface area contributed by atoms with E-state index in [0.717, 1.165) is 18.9 Å². The Morgan fingerprint density at radius 1 is 1.25 bits per heavy atom. The van der Waals surface area contributed by atoms with E-state index >= 15 is 0 Å². The first-order chi connectivity index (χ1) is 7.52. The Labute approximate surface area is 98.5 Å². The minimum atomic E-state index is 0.715. The first kappa shape index (κ1) is 13.2. The average Bonchev–Trinajstić information content (AvgIpc) is 2.57. The van der Waals surface area contributed by atoms with Crippen molar-refractivity contribution >= 4 is 0 Å². The number of nitrogens with zero attached hydrogens (tertiary/aromatic N) is 3. The van der Waals surface area contributed by atoms with Crippen molar-refractivity contribution < 1.29 is 0 Å². The van der Waals surface area contributed by atoms with Gasteiger partial charge in [-0.1, -0.05) is 27.7 Å². The van der Waals surface area contributed by atoms with E-state index in [9.17, 15) is 0 Å². The molecule has 1 heterocycles. The molecule has 1 rings (SSSR count). The van der Waals surface area contributed by atoms with Gasteiger partial charge in [-0.25, -0.2) is 0 Å². The predicted molar refractivity (Wildman–Crippen MR) is 65.9 cm³/mol. The van der Waals surface area contributed by atoms with Crippen molar-refractivity contribution in [2.45, 2.75) is 34.2 Å². The lowest BCUT2D eigenvalue weighted by Gasteiger charge is -2.25. The molecule has 0 atom stereocenters. The van der Waals surface area contributed by atoms with E-state index in [1.165, 1.54) is 0 Å². The summed E-state index contributed by atoms with van der Waals surface area (Å²) in [6.07, 6.45) is 1.74. The molecule has 0 fully saturated rings. The number of hydrogen-bond donors (Lipinski definition) is 1. The highest BCUT2D eigenvalue weighted by Crippen LogP contribution is 2.19. The summed E-state index contributed by atoms with van der Waals surface area (Å²) in [5.41, 5.74) is 0. The highest BCUT2D eigenvalue weighted by molar-refractivity contribution is 4.83. The van der Waals surface area contributed by atoms with Crippen LogP contribution < -0.4 is 5.32 Å². The van der Waals surface area contributed by atoms with Crippen LogP contribution in [0.3, 0.4) is 0 Å². The molecular formula is C12H24N4.